The smallest absolute Gasteiger partial charge is 0.134 e. The summed E-state index contributed by atoms with van der Waals surface area (Å²) in [6.45, 7) is 0. The highest BCUT2D eigenvalue weighted by Crippen LogP contribution is 2.49. The third-order valence-corrected chi connectivity index (χ3v) is 3.69. The van der Waals surface area contributed by atoms with Gasteiger partial charge in [0, 0.05) is 12.8 Å². The number of ketones is 1. The Morgan fingerprint density at radius 2 is 1.93 bits per heavy atom. The minimum atomic E-state index is 0.423. The Morgan fingerprint density at radius 1 is 1.20 bits per heavy atom. The maximum atomic E-state index is 11.5. The van der Waals surface area contributed by atoms with Gasteiger partial charge in [-0.25, -0.2) is 0 Å². The first-order chi connectivity index (χ1) is 7.28. The van der Waals surface area contributed by atoms with Gasteiger partial charge in [0.05, 0.1) is 7.11 Å². The first-order valence-corrected chi connectivity index (χ1v) is 5.47. The van der Waals surface area contributed by atoms with Gasteiger partial charge >= 0.3 is 0 Å². The van der Waals surface area contributed by atoms with E-state index in [2.05, 4.69) is 12.1 Å². The topological polar surface area (TPSA) is 26.3 Å². The second-order valence-corrected chi connectivity index (χ2v) is 4.57. The van der Waals surface area contributed by atoms with E-state index in [-0.39, 0.29) is 0 Å². The minimum absolute atomic E-state index is 0.423. The molecule has 0 aliphatic heterocycles. The molecule has 2 atom stereocenters. The molecule has 15 heavy (non-hydrogen) atoms. The van der Waals surface area contributed by atoms with Gasteiger partial charge in [-0.3, -0.25) is 4.79 Å². The lowest BCUT2D eigenvalue weighted by atomic mass is 9.86. The Balaban J connectivity index is 2.08. The molecule has 0 saturated heterocycles. The molecule has 2 bridgehead atoms. The van der Waals surface area contributed by atoms with Gasteiger partial charge < -0.3 is 4.74 Å². The number of benzene rings is 1. The quantitative estimate of drug-likeness (QED) is 0.699. The molecule has 2 unspecified atom stereocenters. The van der Waals surface area contributed by atoms with Crippen LogP contribution in [-0.4, -0.2) is 12.9 Å². The van der Waals surface area contributed by atoms with Gasteiger partial charge in [0.2, 0.25) is 0 Å². The molecule has 0 spiro atoms. The van der Waals surface area contributed by atoms with Crippen molar-refractivity contribution in [2.24, 2.45) is 0 Å². The number of rotatable bonds is 1. The summed E-state index contributed by atoms with van der Waals surface area (Å²) in [4.78, 5) is 11.5. The molecule has 2 heteroatoms. The molecule has 2 aliphatic carbocycles. The van der Waals surface area contributed by atoms with Gasteiger partial charge in [0.15, 0.2) is 0 Å². The maximum Gasteiger partial charge on any atom is 0.134 e. The average Bonchev–Trinajstić information content (AvgIpc) is 2.51. The summed E-state index contributed by atoms with van der Waals surface area (Å²) in [5.41, 5.74) is 2.73. The van der Waals surface area contributed by atoms with Crippen molar-refractivity contribution in [1.29, 1.82) is 0 Å². The second kappa shape index (κ2) is 3.09. The molecule has 0 aromatic heterocycles. The zero-order chi connectivity index (χ0) is 10.4. The molecule has 1 aromatic rings. The van der Waals surface area contributed by atoms with E-state index in [0.29, 0.717) is 17.6 Å². The molecular formula is C13H14O2. The highest BCUT2D eigenvalue weighted by molar-refractivity contribution is 5.82. The Hall–Kier alpha value is -1.31. The molecule has 1 saturated carbocycles. The van der Waals surface area contributed by atoms with Crippen LogP contribution in [0.15, 0.2) is 18.2 Å². The van der Waals surface area contributed by atoms with Crippen molar-refractivity contribution in [1.82, 2.24) is 0 Å². The van der Waals surface area contributed by atoms with Crippen LogP contribution >= 0.6 is 0 Å². The van der Waals surface area contributed by atoms with Crippen LogP contribution in [0.2, 0.25) is 0 Å². The van der Waals surface area contributed by atoms with Crippen molar-refractivity contribution >= 4 is 5.78 Å². The molecule has 0 N–H and O–H groups in total. The van der Waals surface area contributed by atoms with Gasteiger partial charge in [-0.2, -0.15) is 0 Å². The van der Waals surface area contributed by atoms with Crippen molar-refractivity contribution in [3.05, 3.63) is 29.3 Å². The third-order valence-electron chi connectivity index (χ3n) is 3.69. The van der Waals surface area contributed by atoms with Crippen LogP contribution in [0.25, 0.3) is 0 Å². The minimum Gasteiger partial charge on any atom is -0.497 e. The molecule has 78 valence electrons. The number of carbonyl (C=O) groups is 1. The number of Topliss-reactive ketones (excluding diaryl/α,β-unsaturated/α-hetero) is 1. The van der Waals surface area contributed by atoms with Crippen LogP contribution in [0.4, 0.5) is 0 Å². The van der Waals surface area contributed by atoms with Gasteiger partial charge in [0.1, 0.15) is 11.5 Å². The Morgan fingerprint density at radius 3 is 2.67 bits per heavy atom. The van der Waals surface area contributed by atoms with Gasteiger partial charge in [-0.1, -0.05) is 6.07 Å². The zero-order valence-electron chi connectivity index (χ0n) is 8.82. The van der Waals surface area contributed by atoms with Crippen LogP contribution in [-0.2, 0) is 4.79 Å². The second-order valence-electron chi connectivity index (χ2n) is 4.57. The van der Waals surface area contributed by atoms with Gasteiger partial charge in [-0.15, -0.1) is 0 Å². The van der Waals surface area contributed by atoms with Crippen LogP contribution in [0.1, 0.15) is 42.2 Å². The highest BCUT2D eigenvalue weighted by atomic mass is 16.5. The number of hydrogen-bond acceptors (Lipinski definition) is 2. The summed E-state index contributed by atoms with van der Waals surface area (Å²) >= 11 is 0. The van der Waals surface area contributed by atoms with Crippen molar-refractivity contribution in [3.63, 3.8) is 0 Å². The lowest BCUT2D eigenvalue weighted by molar-refractivity contribution is -0.120. The summed E-state index contributed by atoms with van der Waals surface area (Å²) in [6.07, 6.45) is 2.64. The van der Waals surface area contributed by atoms with E-state index in [9.17, 15) is 4.79 Å². The Bertz CT molecular complexity index is 423. The van der Waals surface area contributed by atoms with E-state index >= 15 is 0 Å². The van der Waals surface area contributed by atoms with E-state index in [1.54, 1.807) is 7.11 Å². The van der Waals surface area contributed by atoms with Crippen molar-refractivity contribution in [2.75, 3.05) is 7.11 Å². The van der Waals surface area contributed by atoms with Crippen molar-refractivity contribution < 1.29 is 9.53 Å². The Labute approximate surface area is 89.2 Å². The van der Waals surface area contributed by atoms with Crippen molar-refractivity contribution in [2.45, 2.75) is 31.1 Å². The summed E-state index contributed by atoms with van der Waals surface area (Å²) < 4.78 is 5.23. The Kier molecular flexibility index (Phi) is 1.84. The third kappa shape index (κ3) is 1.28. The molecular weight excluding hydrogens is 188 g/mol. The van der Waals surface area contributed by atoms with E-state index in [0.717, 1.165) is 25.0 Å². The zero-order valence-corrected chi connectivity index (χ0v) is 8.82. The maximum absolute atomic E-state index is 11.5. The highest BCUT2D eigenvalue weighted by Gasteiger charge is 2.37. The summed E-state index contributed by atoms with van der Waals surface area (Å²) in [6, 6.07) is 6.25. The fourth-order valence-electron chi connectivity index (χ4n) is 3.02. The molecule has 2 nitrogen and oxygen atoms in total. The van der Waals surface area contributed by atoms with Crippen LogP contribution < -0.4 is 4.74 Å². The summed E-state index contributed by atoms with van der Waals surface area (Å²) in [5.74, 6) is 2.28. The normalized spacial score (nSPS) is 27.7. The molecule has 1 fully saturated rings. The van der Waals surface area contributed by atoms with E-state index < -0.39 is 0 Å². The van der Waals surface area contributed by atoms with E-state index in [1.165, 1.54) is 11.1 Å². The molecule has 2 aliphatic rings. The van der Waals surface area contributed by atoms with Gasteiger partial charge in [-0.05, 0) is 41.5 Å². The van der Waals surface area contributed by atoms with Crippen LogP contribution in [0.3, 0.4) is 0 Å². The fraction of sp³-hybridized carbons (Fsp3) is 0.462. The van der Waals surface area contributed by atoms with E-state index in [1.807, 2.05) is 6.07 Å². The molecule has 1 aromatic carbocycles. The van der Waals surface area contributed by atoms with Crippen molar-refractivity contribution in [3.8, 4) is 5.75 Å². The number of carbonyl (C=O) groups excluding carboxylic acids is 1. The molecule has 0 radical (unpaired) electrons. The number of fused-ring (bicyclic) bond motifs is 5. The lowest BCUT2D eigenvalue weighted by Gasteiger charge is -2.17. The first kappa shape index (κ1) is 8.96. The standard InChI is InChI=1S/C13H14O2/c1-15-11-2-3-12-8-4-9(13(12)7-11)6-10(14)5-8/h2-3,7-9H,4-6H2,1H3. The molecule has 0 amide bonds. The van der Waals surface area contributed by atoms with E-state index in [4.69, 9.17) is 4.74 Å². The number of hydrogen-bond donors (Lipinski definition) is 0. The first-order valence-electron chi connectivity index (χ1n) is 5.47. The summed E-state index contributed by atoms with van der Waals surface area (Å²) in [7, 11) is 1.69. The largest absolute Gasteiger partial charge is 0.497 e. The van der Waals surface area contributed by atoms with Crippen LogP contribution in [0.5, 0.6) is 5.75 Å². The predicted octanol–water partition coefficient (Wildman–Crippen LogP) is 2.63. The molecule has 3 rings (SSSR count). The lowest BCUT2D eigenvalue weighted by Crippen LogP contribution is -2.12. The predicted molar refractivity (Wildman–Crippen MR) is 57.3 cm³/mol. The fourth-order valence-corrected chi connectivity index (χ4v) is 3.02. The average molecular weight is 202 g/mol. The van der Waals surface area contributed by atoms with Crippen LogP contribution in [0, 0.1) is 0 Å². The number of methoxy groups -OCH3 is 1. The summed E-state index contributed by atoms with van der Waals surface area (Å²) in [5, 5.41) is 0. The van der Waals surface area contributed by atoms with Gasteiger partial charge in [0.25, 0.3) is 0 Å². The monoisotopic (exact) mass is 202 g/mol. The SMILES string of the molecule is COc1ccc2c(c1)C1CC(=O)CC2C1. The molecule has 0 heterocycles. The number of ether oxygens (including phenoxy) is 1.